The number of nitrogens with zero attached hydrogens (tertiary/aromatic N) is 2. The fraction of sp³-hybridized carbons (Fsp3) is 0.769. The Hall–Kier alpha value is -0.870. The number of likely N-dealkylation sites (tertiary alicyclic amines) is 1. The minimum atomic E-state index is 0.851. The van der Waals surface area contributed by atoms with E-state index in [1.165, 1.54) is 38.2 Å². The van der Waals surface area contributed by atoms with Crippen LogP contribution in [-0.4, -0.2) is 36.2 Å². The molecule has 0 aliphatic carbocycles. The molecule has 3 heterocycles. The predicted molar refractivity (Wildman–Crippen MR) is 65.7 cm³/mol. The first-order valence-corrected chi connectivity index (χ1v) is 6.59. The van der Waals surface area contributed by atoms with Crippen LogP contribution in [0.2, 0.25) is 0 Å². The molecule has 2 aliphatic rings. The van der Waals surface area contributed by atoms with Crippen LogP contribution in [0.4, 0.5) is 0 Å². The highest BCUT2D eigenvalue weighted by atomic mass is 16.5. The SMILES string of the molecule is Cc1noc(C)c1CN1CCC2CNCC2C1. The molecule has 2 unspecified atom stereocenters. The maximum Gasteiger partial charge on any atom is 0.138 e. The van der Waals surface area contributed by atoms with Crippen LogP contribution in [0.15, 0.2) is 4.52 Å². The second-order valence-corrected chi connectivity index (χ2v) is 5.50. The summed E-state index contributed by atoms with van der Waals surface area (Å²) in [5.41, 5.74) is 2.34. The van der Waals surface area contributed by atoms with E-state index in [0.29, 0.717) is 0 Å². The van der Waals surface area contributed by atoms with Crippen molar-refractivity contribution in [3.63, 3.8) is 0 Å². The molecule has 0 aromatic carbocycles. The number of hydrogen-bond donors (Lipinski definition) is 1. The van der Waals surface area contributed by atoms with Gasteiger partial charge in [-0.1, -0.05) is 5.16 Å². The topological polar surface area (TPSA) is 41.3 Å². The van der Waals surface area contributed by atoms with Gasteiger partial charge in [-0.05, 0) is 51.7 Å². The summed E-state index contributed by atoms with van der Waals surface area (Å²) in [6, 6.07) is 0. The lowest BCUT2D eigenvalue weighted by atomic mass is 9.88. The molecule has 0 bridgehead atoms. The monoisotopic (exact) mass is 235 g/mol. The number of aromatic nitrogens is 1. The van der Waals surface area contributed by atoms with Crippen LogP contribution in [0.1, 0.15) is 23.4 Å². The van der Waals surface area contributed by atoms with E-state index in [4.69, 9.17) is 4.52 Å². The first-order chi connectivity index (χ1) is 8.24. The van der Waals surface area contributed by atoms with Gasteiger partial charge < -0.3 is 9.84 Å². The van der Waals surface area contributed by atoms with Crippen molar-refractivity contribution in [3.05, 3.63) is 17.0 Å². The van der Waals surface area contributed by atoms with E-state index in [9.17, 15) is 0 Å². The Balaban J connectivity index is 1.66. The molecule has 4 nitrogen and oxygen atoms in total. The Labute approximate surface area is 102 Å². The molecule has 0 radical (unpaired) electrons. The van der Waals surface area contributed by atoms with Crippen molar-refractivity contribution in [2.45, 2.75) is 26.8 Å². The third-order valence-electron chi connectivity index (χ3n) is 4.35. The van der Waals surface area contributed by atoms with Crippen molar-refractivity contribution in [3.8, 4) is 0 Å². The van der Waals surface area contributed by atoms with Crippen molar-refractivity contribution in [1.29, 1.82) is 0 Å². The van der Waals surface area contributed by atoms with Gasteiger partial charge in [0.25, 0.3) is 0 Å². The third-order valence-corrected chi connectivity index (χ3v) is 4.35. The average Bonchev–Trinajstić information content (AvgIpc) is 2.90. The summed E-state index contributed by atoms with van der Waals surface area (Å²) in [6.07, 6.45) is 1.33. The largest absolute Gasteiger partial charge is 0.361 e. The first-order valence-electron chi connectivity index (χ1n) is 6.59. The van der Waals surface area contributed by atoms with Gasteiger partial charge in [-0.25, -0.2) is 0 Å². The van der Waals surface area contributed by atoms with E-state index < -0.39 is 0 Å². The Bertz CT molecular complexity index is 382. The van der Waals surface area contributed by atoms with Crippen LogP contribution in [0.5, 0.6) is 0 Å². The van der Waals surface area contributed by atoms with E-state index in [1.54, 1.807) is 0 Å². The molecule has 2 aliphatic heterocycles. The third kappa shape index (κ3) is 2.11. The van der Waals surface area contributed by atoms with Gasteiger partial charge in [-0.2, -0.15) is 0 Å². The molecular weight excluding hydrogens is 214 g/mol. The molecule has 0 spiro atoms. The summed E-state index contributed by atoms with van der Waals surface area (Å²) in [5, 5.41) is 7.54. The van der Waals surface area contributed by atoms with Gasteiger partial charge in [-0.15, -0.1) is 0 Å². The van der Waals surface area contributed by atoms with Gasteiger partial charge in [-0.3, -0.25) is 4.90 Å². The van der Waals surface area contributed by atoms with E-state index in [2.05, 4.69) is 15.4 Å². The average molecular weight is 235 g/mol. The molecular formula is C13H21N3O. The molecule has 1 N–H and O–H groups in total. The molecule has 2 fully saturated rings. The molecule has 94 valence electrons. The number of hydrogen-bond acceptors (Lipinski definition) is 4. The van der Waals surface area contributed by atoms with Gasteiger partial charge in [0.05, 0.1) is 5.69 Å². The highest BCUT2D eigenvalue weighted by molar-refractivity contribution is 5.20. The van der Waals surface area contributed by atoms with Crippen LogP contribution in [0, 0.1) is 25.7 Å². The van der Waals surface area contributed by atoms with Crippen molar-refractivity contribution >= 4 is 0 Å². The molecule has 2 saturated heterocycles. The Morgan fingerprint density at radius 1 is 1.35 bits per heavy atom. The number of piperidine rings is 1. The maximum absolute atomic E-state index is 5.23. The predicted octanol–water partition coefficient (Wildman–Crippen LogP) is 1.33. The summed E-state index contributed by atoms with van der Waals surface area (Å²) in [5.74, 6) is 2.74. The molecule has 17 heavy (non-hydrogen) atoms. The highest BCUT2D eigenvalue weighted by Gasteiger charge is 2.33. The van der Waals surface area contributed by atoms with Crippen LogP contribution < -0.4 is 5.32 Å². The molecule has 3 rings (SSSR count). The van der Waals surface area contributed by atoms with Gasteiger partial charge >= 0.3 is 0 Å². The zero-order chi connectivity index (χ0) is 11.8. The molecule has 4 heteroatoms. The number of rotatable bonds is 2. The van der Waals surface area contributed by atoms with Gasteiger partial charge in [0.1, 0.15) is 5.76 Å². The summed E-state index contributed by atoms with van der Waals surface area (Å²) in [6.45, 7) is 9.92. The van der Waals surface area contributed by atoms with Crippen molar-refractivity contribution < 1.29 is 4.52 Å². The van der Waals surface area contributed by atoms with Crippen molar-refractivity contribution in [2.24, 2.45) is 11.8 Å². The zero-order valence-corrected chi connectivity index (χ0v) is 10.7. The van der Waals surface area contributed by atoms with Crippen LogP contribution in [0.3, 0.4) is 0 Å². The quantitative estimate of drug-likeness (QED) is 0.839. The molecule has 0 saturated carbocycles. The lowest BCUT2D eigenvalue weighted by Gasteiger charge is -2.34. The van der Waals surface area contributed by atoms with E-state index in [1.807, 2.05) is 13.8 Å². The maximum atomic E-state index is 5.23. The summed E-state index contributed by atoms with van der Waals surface area (Å²) < 4.78 is 5.23. The second-order valence-electron chi connectivity index (χ2n) is 5.50. The van der Waals surface area contributed by atoms with Crippen LogP contribution in [0.25, 0.3) is 0 Å². The fourth-order valence-electron chi connectivity index (χ4n) is 3.21. The molecule has 0 amide bonds. The number of nitrogens with one attached hydrogen (secondary N) is 1. The Morgan fingerprint density at radius 3 is 2.94 bits per heavy atom. The zero-order valence-electron chi connectivity index (χ0n) is 10.7. The fourth-order valence-corrected chi connectivity index (χ4v) is 3.21. The lowest BCUT2D eigenvalue weighted by molar-refractivity contribution is 0.141. The first kappa shape index (κ1) is 11.2. The smallest absolute Gasteiger partial charge is 0.138 e. The minimum Gasteiger partial charge on any atom is -0.361 e. The normalized spacial score (nSPS) is 29.5. The van der Waals surface area contributed by atoms with E-state index in [0.717, 1.165) is 29.8 Å². The summed E-state index contributed by atoms with van der Waals surface area (Å²) >= 11 is 0. The molecule has 1 aromatic rings. The van der Waals surface area contributed by atoms with Gasteiger partial charge in [0, 0.05) is 18.7 Å². The van der Waals surface area contributed by atoms with Crippen LogP contribution >= 0.6 is 0 Å². The Kier molecular flexibility index (Phi) is 2.92. The lowest BCUT2D eigenvalue weighted by Crippen LogP contribution is -2.39. The van der Waals surface area contributed by atoms with Gasteiger partial charge in [0.15, 0.2) is 0 Å². The van der Waals surface area contributed by atoms with E-state index in [-0.39, 0.29) is 0 Å². The van der Waals surface area contributed by atoms with E-state index >= 15 is 0 Å². The minimum absolute atomic E-state index is 0.851. The second kappa shape index (κ2) is 4.42. The number of fused-ring (bicyclic) bond motifs is 1. The summed E-state index contributed by atoms with van der Waals surface area (Å²) in [4.78, 5) is 2.56. The number of aryl methyl sites for hydroxylation is 2. The van der Waals surface area contributed by atoms with Crippen molar-refractivity contribution in [1.82, 2.24) is 15.4 Å². The van der Waals surface area contributed by atoms with Crippen LogP contribution in [-0.2, 0) is 6.54 Å². The summed E-state index contributed by atoms with van der Waals surface area (Å²) in [7, 11) is 0. The molecule has 2 atom stereocenters. The Morgan fingerprint density at radius 2 is 2.18 bits per heavy atom. The highest BCUT2D eigenvalue weighted by Crippen LogP contribution is 2.28. The van der Waals surface area contributed by atoms with Crippen molar-refractivity contribution in [2.75, 3.05) is 26.2 Å². The van der Waals surface area contributed by atoms with Gasteiger partial charge in [0.2, 0.25) is 0 Å². The standard InChI is InChI=1S/C13H21N3O/c1-9-13(10(2)17-15-9)8-16-4-3-11-5-14-6-12(11)7-16/h11-12,14H,3-8H2,1-2H3. The molecule has 1 aromatic heterocycles.